The van der Waals surface area contributed by atoms with Crippen LogP contribution in [0.1, 0.15) is 44.9 Å². The normalized spacial score (nSPS) is 27.9. The van der Waals surface area contributed by atoms with E-state index in [1.165, 1.54) is 44.9 Å². The average molecular weight is 198 g/mol. The lowest BCUT2D eigenvalue weighted by molar-refractivity contribution is -0.105. The van der Waals surface area contributed by atoms with Crippen LogP contribution in [0.4, 0.5) is 0 Å². The van der Waals surface area contributed by atoms with Crippen molar-refractivity contribution in [1.29, 1.82) is 0 Å². The molecule has 0 aromatic heterocycles. The predicted molar refractivity (Wildman–Crippen MR) is 56.7 cm³/mol. The zero-order valence-electron chi connectivity index (χ0n) is 9.09. The van der Waals surface area contributed by atoms with E-state index in [2.05, 4.69) is 5.43 Å². The molecular weight excluding hydrogens is 176 g/mol. The molecule has 0 aromatic rings. The van der Waals surface area contributed by atoms with Gasteiger partial charge in [-0.1, -0.05) is 19.3 Å². The Hall–Kier alpha value is -0.120. The standard InChI is InChI=1S/C11H22N2O/c1-14-11(6-3-7-11)10(13-12)8-9-4-2-5-9/h9-10,13H,2-8,12H2,1H3. The van der Waals surface area contributed by atoms with Gasteiger partial charge in [-0.25, -0.2) is 0 Å². The molecule has 0 heterocycles. The zero-order chi connectivity index (χ0) is 10.0. The number of rotatable bonds is 5. The summed E-state index contributed by atoms with van der Waals surface area (Å²) >= 11 is 0. The molecule has 2 aliphatic rings. The van der Waals surface area contributed by atoms with Crippen LogP contribution < -0.4 is 11.3 Å². The summed E-state index contributed by atoms with van der Waals surface area (Å²) in [6.07, 6.45) is 9.01. The van der Waals surface area contributed by atoms with Crippen molar-refractivity contribution >= 4 is 0 Å². The molecule has 0 bridgehead atoms. The maximum absolute atomic E-state index is 5.65. The summed E-state index contributed by atoms with van der Waals surface area (Å²) < 4.78 is 5.65. The maximum Gasteiger partial charge on any atom is 0.0844 e. The highest BCUT2D eigenvalue weighted by Crippen LogP contribution is 2.42. The predicted octanol–water partition coefficient (Wildman–Crippen LogP) is 1.58. The average Bonchev–Trinajstić information content (AvgIpc) is 2.06. The van der Waals surface area contributed by atoms with E-state index >= 15 is 0 Å². The second kappa shape index (κ2) is 4.17. The Morgan fingerprint density at radius 3 is 2.43 bits per heavy atom. The van der Waals surface area contributed by atoms with Gasteiger partial charge in [0, 0.05) is 7.11 Å². The summed E-state index contributed by atoms with van der Waals surface area (Å²) in [6.45, 7) is 0. The Labute approximate surface area is 86.4 Å². The van der Waals surface area contributed by atoms with Crippen LogP contribution >= 0.6 is 0 Å². The molecule has 0 aromatic carbocycles. The van der Waals surface area contributed by atoms with Crippen LogP contribution in [0.2, 0.25) is 0 Å². The SMILES string of the molecule is COC1(C(CC2CCC2)NN)CCC1. The van der Waals surface area contributed by atoms with E-state index in [-0.39, 0.29) is 5.60 Å². The zero-order valence-corrected chi connectivity index (χ0v) is 9.09. The highest BCUT2D eigenvalue weighted by molar-refractivity contribution is 5.00. The summed E-state index contributed by atoms with van der Waals surface area (Å²) in [6, 6.07) is 0.367. The van der Waals surface area contributed by atoms with Crippen LogP contribution in [0, 0.1) is 5.92 Å². The third-order valence-corrected chi connectivity index (χ3v) is 4.24. The fourth-order valence-electron chi connectivity index (χ4n) is 2.72. The molecule has 2 rings (SSSR count). The fraction of sp³-hybridized carbons (Fsp3) is 1.00. The highest BCUT2D eigenvalue weighted by Gasteiger charge is 2.45. The monoisotopic (exact) mass is 198 g/mol. The van der Waals surface area contributed by atoms with E-state index < -0.39 is 0 Å². The molecule has 3 heteroatoms. The summed E-state index contributed by atoms with van der Waals surface area (Å²) in [5, 5.41) is 0. The van der Waals surface area contributed by atoms with Crippen molar-refractivity contribution in [3.05, 3.63) is 0 Å². The van der Waals surface area contributed by atoms with Gasteiger partial charge in [-0.05, 0) is 31.6 Å². The molecule has 0 spiro atoms. The lowest BCUT2D eigenvalue weighted by Crippen LogP contribution is -2.59. The van der Waals surface area contributed by atoms with Gasteiger partial charge >= 0.3 is 0 Å². The summed E-state index contributed by atoms with van der Waals surface area (Å²) in [5.41, 5.74) is 3.03. The topological polar surface area (TPSA) is 47.3 Å². The summed E-state index contributed by atoms with van der Waals surface area (Å²) in [4.78, 5) is 0. The van der Waals surface area contributed by atoms with Crippen molar-refractivity contribution in [2.45, 2.75) is 56.6 Å². The molecule has 2 fully saturated rings. The molecule has 3 N–H and O–H groups in total. The molecule has 14 heavy (non-hydrogen) atoms. The number of hydrogen-bond donors (Lipinski definition) is 2. The molecule has 3 nitrogen and oxygen atoms in total. The van der Waals surface area contributed by atoms with E-state index in [9.17, 15) is 0 Å². The van der Waals surface area contributed by atoms with Gasteiger partial charge in [0.15, 0.2) is 0 Å². The molecule has 82 valence electrons. The van der Waals surface area contributed by atoms with Crippen LogP contribution in [-0.4, -0.2) is 18.8 Å². The largest absolute Gasteiger partial charge is 0.377 e. The molecular formula is C11H22N2O. The highest BCUT2D eigenvalue weighted by atomic mass is 16.5. The van der Waals surface area contributed by atoms with Crippen molar-refractivity contribution in [2.24, 2.45) is 11.8 Å². The molecule has 1 atom stereocenters. The Morgan fingerprint density at radius 1 is 1.43 bits per heavy atom. The minimum Gasteiger partial charge on any atom is -0.377 e. The number of nitrogens with one attached hydrogen (secondary N) is 1. The van der Waals surface area contributed by atoms with E-state index in [4.69, 9.17) is 10.6 Å². The Kier molecular flexibility index (Phi) is 3.10. The number of hydrazine groups is 1. The minimum absolute atomic E-state index is 0.0599. The molecule has 0 amide bonds. The third kappa shape index (κ3) is 1.69. The van der Waals surface area contributed by atoms with E-state index in [1.54, 1.807) is 0 Å². The number of hydrogen-bond acceptors (Lipinski definition) is 3. The van der Waals surface area contributed by atoms with E-state index in [1.807, 2.05) is 7.11 Å². The van der Waals surface area contributed by atoms with Gasteiger partial charge < -0.3 is 4.74 Å². The van der Waals surface area contributed by atoms with Crippen molar-refractivity contribution in [3.8, 4) is 0 Å². The Balaban J connectivity index is 1.89. The first kappa shape index (κ1) is 10.4. The van der Waals surface area contributed by atoms with E-state index in [0.29, 0.717) is 6.04 Å². The Bertz CT molecular complexity index is 182. The molecule has 2 aliphatic carbocycles. The molecule has 0 radical (unpaired) electrons. The van der Waals surface area contributed by atoms with E-state index in [0.717, 1.165) is 5.92 Å². The Morgan fingerprint density at radius 2 is 2.14 bits per heavy atom. The quantitative estimate of drug-likeness (QED) is 0.521. The van der Waals surface area contributed by atoms with Crippen LogP contribution in [0.5, 0.6) is 0 Å². The van der Waals surface area contributed by atoms with Gasteiger partial charge in [0.05, 0.1) is 11.6 Å². The van der Waals surface area contributed by atoms with Gasteiger partial charge in [-0.3, -0.25) is 11.3 Å². The second-order valence-electron chi connectivity index (χ2n) is 4.87. The van der Waals surface area contributed by atoms with Crippen molar-refractivity contribution in [2.75, 3.05) is 7.11 Å². The molecule has 1 unspecified atom stereocenters. The number of methoxy groups -OCH3 is 1. The van der Waals surface area contributed by atoms with Crippen molar-refractivity contribution in [1.82, 2.24) is 5.43 Å². The molecule has 0 aliphatic heterocycles. The number of nitrogens with two attached hydrogens (primary N) is 1. The van der Waals surface area contributed by atoms with Crippen LogP contribution in [0.25, 0.3) is 0 Å². The lowest BCUT2D eigenvalue weighted by Gasteiger charge is -2.48. The lowest BCUT2D eigenvalue weighted by atomic mass is 9.69. The summed E-state index contributed by atoms with van der Waals surface area (Å²) in [5.74, 6) is 6.53. The first-order valence-corrected chi connectivity index (χ1v) is 5.82. The third-order valence-electron chi connectivity index (χ3n) is 4.24. The summed E-state index contributed by atoms with van der Waals surface area (Å²) in [7, 11) is 1.82. The van der Waals surface area contributed by atoms with Gasteiger partial charge in [0.25, 0.3) is 0 Å². The first-order chi connectivity index (χ1) is 6.80. The molecule has 0 saturated heterocycles. The van der Waals surface area contributed by atoms with Gasteiger partial charge in [0.1, 0.15) is 0 Å². The smallest absolute Gasteiger partial charge is 0.0844 e. The van der Waals surface area contributed by atoms with Crippen LogP contribution in [0.15, 0.2) is 0 Å². The fourth-order valence-corrected chi connectivity index (χ4v) is 2.72. The van der Waals surface area contributed by atoms with Crippen LogP contribution in [0.3, 0.4) is 0 Å². The van der Waals surface area contributed by atoms with Gasteiger partial charge in [0.2, 0.25) is 0 Å². The maximum atomic E-state index is 5.65. The number of ether oxygens (including phenoxy) is 1. The second-order valence-corrected chi connectivity index (χ2v) is 4.87. The first-order valence-electron chi connectivity index (χ1n) is 5.82. The molecule has 2 saturated carbocycles. The van der Waals surface area contributed by atoms with Gasteiger partial charge in [-0.2, -0.15) is 0 Å². The van der Waals surface area contributed by atoms with Crippen LogP contribution in [-0.2, 0) is 4.74 Å². The van der Waals surface area contributed by atoms with Crippen molar-refractivity contribution < 1.29 is 4.74 Å². The van der Waals surface area contributed by atoms with Gasteiger partial charge in [-0.15, -0.1) is 0 Å². The minimum atomic E-state index is 0.0599. The van der Waals surface area contributed by atoms with Crippen molar-refractivity contribution in [3.63, 3.8) is 0 Å².